The molecule has 0 aliphatic heterocycles. The molecule has 0 aromatic heterocycles. The lowest BCUT2D eigenvalue weighted by Crippen LogP contribution is -2.49. The van der Waals surface area contributed by atoms with Crippen LogP contribution < -0.4 is 15.1 Å². The molecule has 3 heteroatoms. The molecule has 0 saturated heterocycles. The van der Waals surface area contributed by atoms with Crippen LogP contribution in [0.4, 0.5) is 0 Å². The summed E-state index contributed by atoms with van der Waals surface area (Å²) in [5.74, 6) is 1.68. The average molecular weight is 440 g/mol. The van der Waals surface area contributed by atoms with Gasteiger partial charge in [0.15, 0.2) is 0 Å². The van der Waals surface area contributed by atoms with Gasteiger partial charge in [0.1, 0.15) is 20.4 Å². The van der Waals surface area contributed by atoms with Crippen LogP contribution in [0.1, 0.15) is 59.6 Å². The van der Waals surface area contributed by atoms with E-state index in [1.807, 2.05) is 6.08 Å². The molecule has 1 atom stereocenters. The fraction of sp³-hybridized carbons (Fsp3) is 0.556. The van der Waals surface area contributed by atoms with Gasteiger partial charge in [-0.05, 0) is 55.4 Å². The minimum absolute atomic E-state index is 0.0355. The number of hydrogen-bond acceptors (Lipinski definition) is 1. The molecule has 1 aromatic carbocycles. The third-order valence-electron chi connectivity index (χ3n) is 7.06. The highest BCUT2D eigenvalue weighted by atomic mass is 28.3. The van der Waals surface area contributed by atoms with Gasteiger partial charge in [-0.25, -0.2) is 0 Å². The summed E-state index contributed by atoms with van der Waals surface area (Å²) in [4.78, 5) is 0. The van der Waals surface area contributed by atoms with Gasteiger partial charge in [0.05, 0.1) is 8.80 Å². The van der Waals surface area contributed by atoms with E-state index in [1.165, 1.54) is 33.0 Å². The first-order chi connectivity index (χ1) is 13.7. The van der Waals surface area contributed by atoms with Gasteiger partial charge < -0.3 is 4.74 Å². The highest BCUT2D eigenvalue weighted by Gasteiger charge is 2.41. The number of allylic oxidation sites excluding steroid dienone is 4. The van der Waals surface area contributed by atoms with Gasteiger partial charge in [0, 0.05) is 0 Å². The predicted octanol–water partition coefficient (Wildman–Crippen LogP) is 6.58. The minimum atomic E-state index is -1.96. The fourth-order valence-electron chi connectivity index (χ4n) is 5.43. The standard InChI is InChI=1S/C27H43OSi2/c1-14-15-28-24-22(16-17(2)25(29(10)11)23(24)27(7,8)9)30(12,13)26-20(5)18(3)19(4)21(26)6/h14,16,20H,1,15H2,2-13H3. The van der Waals surface area contributed by atoms with Crippen LogP contribution in [0.25, 0.3) is 0 Å². The summed E-state index contributed by atoms with van der Waals surface area (Å²) < 4.78 is 6.56. The van der Waals surface area contributed by atoms with Crippen LogP contribution in [0.3, 0.4) is 0 Å². The lowest BCUT2D eigenvalue weighted by atomic mass is 9.85. The molecule has 30 heavy (non-hydrogen) atoms. The minimum Gasteiger partial charge on any atom is -0.489 e. The van der Waals surface area contributed by atoms with Crippen molar-refractivity contribution in [2.24, 2.45) is 5.92 Å². The third kappa shape index (κ3) is 4.20. The van der Waals surface area contributed by atoms with E-state index in [-0.39, 0.29) is 5.41 Å². The number of aryl methyl sites for hydroxylation is 1. The van der Waals surface area contributed by atoms with Crippen molar-refractivity contribution in [1.82, 2.24) is 0 Å². The van der Waals surface area contributed by atoms with Gasteiger partial charge in [-0.3, -0.25) is 0 Å². The zero-order valence-corrected chi connectivity index (χ0v) is 23.6. The molecule has 1 unspecified atom stereocenters. The molecule has 0 spiro atoms. The molecule has 1 radical (unpaired) electrons. The monoisotopic (exact) mass is 439 g/mol. The van der Waals surface area contributed by atoms with Crippen LogP contribution in [-0.4, -0.2) is 23.5 Å². The van der Waals surface area contributed by atoms with Gasteiger partial charge in [0.2, 0.25) is 0 Å². The molecule has 0 heterocycles. The van der Waals surface area contributed by atoms with Crippen molar-refractivity contribution in [3.05, 3.63) is 51.8 Å². The molecule has 165 valence electrons. The summed E-state index contributed by atoms with van der Waals surface area (Å²) in [6.45, 7) is 33.0. The lowest BCUT2D eigenvalue weighted by Gasteiger charge is -2.36. The van der Waals surface area contributed by atoms with E-state index >= 15 is 0 Å². The number of ether oxygens (including phenoxy) is 1. The molecule has 0 amide bonds. The number of hydrogen-bond donors (Lipinski definition) is 0. The summed E-state index contributed by atoms with van der Waals surface area (Å²) >= 11 is 0. The predicted molar refractivity (Wildman–Crippen MR) is 140 cm³/mol. The van der Waals surface area contributed by atoms with Crippen LogP contribution in [0, 0.1) is 12.8 Å². The van der Waals surface area contributed by atoms with Gasteiger partial charge in [-0.15, -0.1) is 0 Å². The molecule has 1 aromatic rings. The van der Waals surface area contributed by atoms with Crippen molar-refractivity contribution >= 4 is 27.2 Å². The molecule has 0 saturated carbocycles. The summed E-state index contributed by atoms with van der Waals surface area (Å²) in [7, 11) is -2.59. The van der Waals surface area contributed by atoms with Gasteiger partial charge in [-0.1, -0.05) is 99.7 Å². The first kappa shape index (κ1) is 24.9. The molecule has 0 fully saturated rings. The first-order valence-corrected chi connectivity index (χ1v) is 16.8. The van der Waals surface area contributed by atoms with Crippen molar-refractivity contribution in [3.63, 3.8) is 0 Å². The highest BCUT2D eigenvalue weighted by molar-refractivity contribution is 6.96. The van der Waals surface area contributed by atoms with E-state index in [0.29, 0.717) is 12.5 Å². The zero-order valence-electron chi connectivity index (χ0n) is 21.6. The van der Waals surface area contributed by atoms with E-state index in [2.05, 4.69) is 94.2 Å². The van der Waals surface area contributed by atoms with Crippen molar-refractivity contribution in [2.45, 2.75) is 87.0 Å². The Morgan fingerprint density at radius 2 is 1.67 bits per heavy atom. The molecule has 1 nitrogen and oxygen atoms in total. The fourth-order valence-corrected chi connectivity index (χ4v) is 11.3. The largest absolute Gasteiger partial charge is 0.489 e. The van der Waals surface area contributed by atoms with Crippen LogP contribution in [0.2, 0.25) is 26.2 Å². The van der Waals surface area contributed by atoms with Crippen molar-refractivity contribution < 1.29 is 4.74 Å². The Bertz CT molecular complexity index is 908. The van der Waals surface area contributed by atoms with Crippen LogP contribution >= 0.6 is 0 Å². The average Bonchev–Trinajstić information content (AvgIpc) is 2.82. The van der Waals surface area contributed by atoms with Gasteiger partial charge in [-0.2, -0.15) is 0 Å². The van der Waals surface area contributed by atoms with E-state index < -0.39 is 16.9 Å². The molecule has 1 aliphatic carbocycles. The topological polar surface area (TPSA) is 9.23 Å². The smallest absolute Gasteiger partial charge is 0.123 e. The molecule has 2 rings (SSSR count). The van der Waals surface area contributed by atoms with Crippen molar-refractivity contribution in [3.8, 4) is 5.75 Å². The maximum absolute atomic E-state index is 6.56. The van der Waals surface area contributed by atoms with E-state index in [0.717, 1.165) is 5.75 Å². The Labute approximate surface area is 188 Å². The summed E-state index contributed by atoms with van der Waals surface area (Å²) in [5.41, 5.74) is 7.46. The Morgan fingerprint density at radius 1 is 1.10 bits per heavy atom. The second-order valence-corrected chi connectivity index (χ2v) is 17.7. The molecule has 0 N–H and O–H groups in total. The van der Waals surface area contributed by atoms with Crippen molar-refractivity contribution in [2.75, 3.05) is 6.61 Å². The van der Waals surface area contributed by atoms with Crippen molar-refractivity contribution in [1.29, 1.82) is 0 Å². The summed E-state index contributed by atoms with van der Waals surface area (Å²) in [5, 5.41) is 4.68. The highest BCUT2D eigenvalue weighted by Crippen LogP contribution is 2.43. The Morgan fingerprint density at radius 3 is 2.07 bits per heavy atom. The van der Waals surface area contributed by atoms with E-state index in [9.17, 15) is 0 Å². The maximum atomic E-state index is 6.56. The Balaban J connectivity index is 2.92. The van der Waals surface area contributed by atoms with Crippen LogP contribution in [-0.2, 0) is 5.41 Å². The SMILES string of the molecule is C=CCOc1c([Si](C)(C)C2=C(C)C(C)=C(C)C2C)cc(C)c([Si](C)C)c1C(C)(C)C. The van der Waals surface area contributed by atoms with Crippen LogP contribution in [0.15, 0.2) is 40.6 Å². The molecule has 1 aliphatic rings. The zero-order chi connectivity index (χ0) is 23.2. The number of rotatable bonds is 6. The Kier molecular flexibility index (Phi) is 7.20. The number of benzene rings is 1. The molecule has 0 bridgehead atoms. The Hall–Kier alpha value is -1.33. The van der Waals surface area contributed by atoms with E-state index in [1.54, 1.807) is 10.4 Å². The quantitative estimate of drug-likeness (QED) is 0.359. The van der Waals surface area contributed by atoms with E-state index in [4.69, 9.17) is 4.74 Å². The lowest BCUT2D eigenvalue weighted by molar-refractivity contribution is 0.354. The normalized spacial score (nSPS) is 18.0. The summed E-state index contributed by atoms with van der Waals surface area (Å²) in [6, 6.07) is 2.49. The van der Waals surface area contributed by atoms with Gasteiger partial charge >= 0.3 is 0 Å². The second-order valence-electron chi connectivity index (χ2n) is 10.9. The van der Waals surface area contributed by atoms with Gasteiger partial charge in [0.25, 0.3) is 0 Å². The third-order valence-corrected chi connectivity index (χ3v) is 12.6. The second kappa shape index (κ2) is 8.66. The maximum Gasteiger partial charge on any atom is 0.123 e. The summed E-state index contributed by atoms with van der Waals surface area (Å²) in [6.07, 6.45) is 1.88. The molecular formula is C27H43OSi2. The van der Waals surface area contributed by atoms with Crippen LogP contribution in [0.5, 0.6) is 5.75 Å². The molecular weight excluding hydrogens is 396 g/mol. The first-order valence-electron chi connectivity index (χ1n) is 11.3.